The Morgan fingerprint density at radius 1 is 1.12 bits per heavy atom. The van der Waals surface area contributed by atoms with Gasteiger partial charge in [0.2, 0.25) is 11.8 Å². The Labute approximate surface area is 234 Å². The van der Waals surface area contributed by atoms with Crippen molar-refractivity contribution in [1.82, 2.24) is 10.2 Å². The van der Waals surface area contributed by atoms with Crippen LogP contribution in [0.5, 0.6) is 11.5 Å². The maximum atomic E-state index is 13.7. The summed E-state index contributed by atoms with van der Waals surface area (Å²) in [5.74, 6) is -0.546. The first-order valence-corrected chi connectivity index (χ1v) is 13.6. The number of carbonyl (C=O) groups is 2. The number of benzene rings is 2. The molecule has 1 heterocycles. The predicted octanol–water partition coefficient (Wildman–Crippen LogP) is 1.31. The van der Waals surface area contributed by atoms with Crippen molar-refractivity contribution < 1.29 is 39.1 Å². The minimum absolute atomic E-state index is 0.0412. The van der Waals surface area contributed by atoms with Crippen molar-refractivity contribution in [3.63, 3.8) is 0 Å². The molecule has 0 fully saturated rings. The van der Waals surface area contributed by atoms with Gasteiger partial charge in [-0.25, -0.2) is 0 Å². The fraction of sp³-hybridized carbons (Fsp3) is 0.467. The molecule has 1 aliphatic heterocycles. The van der Waals surface area contributed by atoms with Crippen LogP contribution < -0.4 is 14.8 Å². The highest BCUT2D eigenvalue weighted by atomic mass is 16.5. The van der Waals surface area contributed by atoms with Crippen molar-refractivity contribution in [2.45, 2.75) is 50.5 Å². The average Bonchev–Trinajstić information content (AvgIpc) is 3.36. The molecule has 2 aliphatic rings. The number of ether oxygens (including phenoxy) is 3. The summed E-state index contributed by atoms with van der Waals surface area (Å²) >= 11 is 0. The van der Waals surface area contributed by atoms with Crippen LogP contribution in [0.3, 0.4) is 0 Å². The molecule has 4 N–H and O–H groups in total. The summed E-state index contributed by atoms with van der Waals surface area (Å²) in [5, 5.41) is 33.6. The first kappa shape index (κ1) is 29.5. The molecule has 2 amide bonds. The third-order valence-electron chi connectivity index (χ3n) is 7.27. The predicted molar refractivity (Wildman–Crippen MR) is 147 cm³/mol. The number of hydrogen-bond donors (Lipinski definition) is 4. The van der Waals surface area contributed by atoms with Crippen molar-refractivity contribution in [3.8, 4) is 11.5 Å². The maximum absolute atomic E-state index is 13.7. The van der Waals surface area contributed by atoms with E-state index >= 15 is 0 Å². The second-order valence-electron chi connectivity index (χ2n) is 9.82. The Hall–Kier alpha value is -3.44. The van der Waals surface area contributed by atoms with Gasteiger partial charge in [0.1, 0.15) is 12.2 Å². The minimum atomic E-state index is -1.17. The number of methoxy groups -OCH3 is 1. The lowest BCUT2D eigenvalue weighted by atomic mass is 9.77. The average molecular weight is 555 g/mol. The number of hydrogen-bond acceptors (Lipinski definition) is 8. The molecule has 0 radical (unpaired) electrons. The first-order chi connectivity index (χ1) is 19.4. The summed E-state index contributed by atoms with van der Waals surface area (Å²) < 4.78 is 17.3. The van der Waals surface area contributed by atoms with E-state index in [1.807, 2.05) is 37.3 Å². The van der Waals surface area contributed by atoms with Crippen LogP contribution in [0.1, 0.15) is 36.0 Å². The third kappa shape index (κ3) is 6.31. The standard InChI is InChI=1S/C30H38N2O8/c1-3-39-13-7-11-32(25(35)16-19-8-5-4-6-9-19)23-17-22(30(37)31-10-12-33)26-21-14-20(18-34)15-24(38-2)28(21)40-29(26)27(23)36/h4-6,8-9,14-15,17,23,26-27,29,33-34,36H,3,7,10-13,16,18H2,1-2H3,(H,31,37)/t23-,26+,27+,29+/m1/s1. The molecule has 0 aromatic heterocycles. The molecular formula is C30H38N2O8. The van der Waals surface area contributed by atoms with E-state index in [1.54, 1.807) is 23.1 Å². The van der Waals surface area contributed by atoms with E-state index in [-0.39, 0.29) is 32.1 Å². The largest absolute Gasteiger partial charge is 0.493 e. The van der Waals surface area contributed by atoms with Gasteiger partial charge in [0.05, 0.1) is 38.7 Å². The highest BCUT2D eigenvalue weighted by molar-refractivity contribution is 5.96. The van der Waals surface area contributed by atoms with E-state index < -0.39 is 30.1 Å². The van der Waals surface area contributed by atoms with Crippen LogP contribution in [0, 0.1) is 0 Å². The van der Waals surface area contributed by atoms with E-state index in [2.05, 4.69) is 5.32 Å². The van der Waals surface area contributed by atoms with E-state index in [9.17, 15) is 24.9 Å². The number of aliphatic hydroxyl groups excluding tert-OH is 3. The van der Waals surface area contributed by atoms with E-state index in [4.69, 9.17) is 14.2 Å². The zero-order chi connectivity index (χ0) is 28.6. The molecule has 0 unspecified atom stereocenters. The lowest BCUT2D eigenvalue weighted by molar-refractivity contribution is -0.136. The van der Waals surface area contributed by atoms with E-state index in [0.717, 1.165) is 5.56 Å². The molecule has 2 aromatic rings. The molecule has 0 saturated heterocycles. The van der Waals surface area contributed by atoms with Gasteiger partial charge in [0, 0.05) is 37.4 Å². The Morgan fingerprint density at radius 2 is 1.90 bits per heavy atom. The number of aliphatic hydroxyl groups is 3. The Bertz CT molecular complexity index is 1200. The second kappa shape index (κ2) is 13.8. The van der Waals surface area contributed by atoms with Gasteiger partial charge in [0.25, 0.3) is 0 Å². The smallest absolute Gasteiger partial charge is 0.247 e. The maximum Gasteiger partial charge on any atom is 0.247 e. The van der Waals surface area contributed by atoms with Gasteiger partial charge in [-0.05, 0) is 42.7 Å². The zero-order valence-corrected chi connectivity index (χ0v) is 22.9. The Kier molecular flexibility index (Phi) is 10.2. The molecule has 40 heavy (non-hydrogen) atoms. The van der Waals surface area contributed by atoms with Gasteiger partial charge in [-0.1, -0.05) is 30.3 Å². The Balaban J connectivity index is 1.75. The molecule has 4 atom stereocenters. The van der Waals surface area contributed by atoms with Crippen LogP contribution in [-0.4, -0.2) is 90.3 Å². The van der Waals surface area contributed by atoms with Crippen LogP contribution in [0.25, 0.3) is 0 Å². The molecule has 10 nitrogen and oxygen atoms in total. The highest BCUT2D eigenvalue weighted by Gasteiger charge is 2.51. The van der Waals surface area contributed by atoms with Crippen LogP contribution in [0.15, 0.2) is 54.1 Å². The fourth-order valence-corrected chi connectivity index (χ4v) is 5.41. The normalized spacial score (nSPS) is 21.1. The lowest BCUT2D eigenvalue weighted by Crippen LogP contribution is -2.56. The van der Waals surface area contributed by atoms with Gasteiger partial charge in [-0.15, -0.1) is 0 Å². The molecule has 2 aromatic carbocycles. The minimum Gasteiger partial charge on any atom is -0.493 e. The van der Waals surface area contributed by atoms with Crippen LogP contribution in [0.2, 0.25) is 0 Å². The molecule has 0 bridgehead atoms. The van der Waals surface area contributed by atoms with Crippen LogP contribution >= 0.6 is 0 Å². The zero-order valence-electron chi connectivity index (χ0n) is 22.9. The van der Waals surface area contributed by atoms with E-state index in [1.165, 1.54) is 7.11 Å². The van der Waals surface area contributed by atoms with Crippen molar-refractivity contribution in [2.24, 2.45) is 0 Å². The number of amides is 2. The Morgan fingerprint density at radius 3 is 2.58 bits per heavy atom. The summed E-state index contributed by atoms with van der Waals surface area (Å²) in [7, 11) is 1.48. The number of fused-ring (bicyclic) bond motifs is 3. The molecule has 4 rings (SSSR count). The summed E-state index contributed by atoms with van der Waals surface area (Å²) in [6, 6.07) is 11.9. The monoisotopic (exact) mass is 554 g/mol. The lowest BCUT2D eigenvalue weighted by Gasteiger charge is -2.41. The summed E-state index contributed by atoms with van der Waals surface area (Å²) in [6.07, 6.45) is 0.253. The summed E-state index contributed by atoms with van der Waals surface area (Å²) in [4.78, 5) is 28.7. The molecule has 1 aliphatic carbocycles. The van der Waals surface area contributed by atoms with Gasteiger partial charge >= 0.3 is 0 Å². The third-order valence-corrected chi connectivity index (χ3v) is 7.27. The molecule has 10 heteroatoms. The topological polar surface area (TPSA) is 138 Å². The molecular weight excluding hydrogens is 516 g/mol. The van der Waals surface area contributed by atoms with Crippen LogP contribution in [0.4, 0.5) is 0 Å². The molecule has 216 valence electrons. The van der Waals surface area contributed by atoms with Gasteiger partial charge in [-0.2, -0.15) is 0 Å². The van der Waals surface area contributed by atoms with E-state index in [0.29, 0.717) is 54.4 Å². The number of nitrogens with zero attached hydrogens (tertiary/aromatic N) is 1. The van der Waals surface area contributed by atoms with Crippen molar-refractivity contribution >= 4 is 11.8 Å². The van der Waals surface area contributed by atoms with Crippen molar-refractivity contribution in [2.75, 3.05) is 40.0 Å². The summed E-state index contributed by atoms with van der Waals surface area (Å²) in [5.41, 5.74) is 2.32. The number of carbonyl (C=O) groups excluding carboxylic acids is 2. The SMILES string of the molecule is CCOCCCN(C(=O)Cc1ccccc1)[C@@H]1C=C(C(=O)NCCO)[C@@H]2c3cc(CO)cc(OC)c3O[C@@H]2[C@H]1O. The number of rotatable bonds is 13. The van der Waals surface area contributed by atoms with Gasteiger partial charge in [0.15, 0.2) is 11.5 Å². The fourth-order valence-electron chi connectivity index (χ4n) is 5.41. The van der Waals surface area contributed by atoms with Gasteiger partial charge < -0.3 is 39.7 Å². The van der Waals surface area contributed by atoms with Crippen molar-refractivity contribution in [3.05, 3.63) is 70.8 Å². The first-order valence-electron chi connectivity index (χ1n) is 13.6. The molecule has 0 saturated carbocycles. The quantitative estimate of drug-likeness (QED) is 0.272. The van der Waals surface area contributed by atoms with Crippen LogP contribution in [-0.2, 0) is 27.4 Å². The van der Waals surface area contributed by atoms with Gasteiger partial charge in [-0.3, -0.25) is 9.59 Å². The number of nitrogens with one attached hydrogen (secondary N) is 1. The summed E-state index contributed by atoms with van der Waals surface area (Å²) in [6.45, 7) is 2.74. The second-order valence-corrected chi connectivity index (χ2v) is 9.82. The van der Waals surface area contributed by atoms with Crippen molar-refractivity contribution in [1.29, 1.82) is 0 Å². The highest BCUT2D eigenvalue weighted by Crippen LogP contribution is 2.51. The molecule has 0 spiro atoms.